The third kappa shape index (κ3) is 3.06. The van der Waals surface area contributed by atoms with E-state index >= 15 is 0 Å². The van der Waals surface area contributed by atoms with Crippen LogP contribution in [-0.4, -0.2) is 18.0 Å². The van der Waals surface area contributed by atoms with E-state index in [1.807, 2.05) is 0 Å². The molecule has 0 spiro atoms. The van der Waals surface area contributed by atoms with E-state index in [9.17, 15) is 0 Å². The van der Waals surface area contributed by atoms with Gasteiger partial charge in [-0.2, -0.15) is 6.92 Å². The van der Waals surface area contributed by atoms with Crippen LogP contribution in [0, 0.1) is 31.7 Å². The third-order valence-corrected chi connectivity index (χ3v) is 3.29. The van der Waals surface area contributed by atoms with Gasteiger partial charge in [0.1, 0.15) is 0 Å². The maximum Gasteiger partial charge on any atom is 2.00 e. The summed E-state index contributed by atoms with van der Waals surface area (Å²) in [7, 11) is 3.99. The van der Waals surface area contributed by atoms with E-state index < -0.39 is 0 Å². The van der Waals surface area contributed by atoms with Crippen molar-refractivity contribution in [3.05, 3.63) is 14.0 Å². The van der Waals surface area contributed by atoms with Crippen LogP contribution in [0.1, 0.15) is 26.7 Å². The average molecular weight is 351 g/mol. The molecule has 0 aromatic heterocycles. The molecular formula is C11H21NW. The first kappa shape index (κ1) is 13.6. The van der Waals surface area contributed by atoms with Crippen LogP contribution in [0.15, 0.2) is 0 Å². The number of nitrogens with zero attached hydrogens (tertiary/aromatic N) is 1. The molecule has 1 unspecified atom stereocenters. The van der Waals surface area contributed by atoms with E-state index in [0.29, 0.717) is 0 Å². The minimum Gasteiger partial charge on any atom is -0.459 e. The van der Waals surface area contributed by atoms with Crippen molar-refractivity contribution in [3.63, 3.8) is 0 Å². The summed E-state index contributed by atoms with van der Waals surface area (Å²) in [5.41, 5.74) is 0. The standard InChI is InChI=1S/C9H16N.C2H5.W/c1-7-3-4-8-5-10(2)6-9(7)8;1-2;/h7-9H,2-6H2,1H3;1H2,2H3;/q2*-1;+2/t7?,8-,9-;;/m0../s1. The topological polar surface area (TPSA) is 3.24 Å². The van der Waals surface area contributed by atoms with Crippen molar-refractivity contribution in [3.8, 4) is 0 Å². The van der Waals surface area contributed by atoms with E-state index in [4.69, 9.17) is 0 Å². The predicted octanol–water partition coefficient (Wildman–Crippen LogP) is 2.59. The van der Waals surface area contributed by atoms with Crippen molar-refractivity contribution < 1.29 is 21.1 Å². The zero-order chi connectivity index (χ0) is 9.14. The van der Waals surface area contributed by atoms with Gasteiger partial charge in [0.15, 0.2) is 0 Å². The van der Waals surface area contributed by atoms with Crippen LogP contribution in [0.3, 0.4) is 0 Å². The fraction of sp³-hybridized carbons (Fsp3) is 0.818. The Morgan fingerprint density at radius 2 is 1.77 bits per heavy atom. The van der Waals surface area contributed by atoms with Gasteiger partial charge in [-0.1, -0.05) is 13.3 Å². The number of fused-ring (bicyclic) bond motifs is 1. The van der Waals surface area contributed by atoms with Crippen molar-refractivity contribution >= 4 is 0 Å². The maximum atomic E-state index is 3.99. The summed E-state index contributed by atoms with van der Waals surface area (Å²) in [6, 6.07) is 0. The fourth-order valence-electron chi connectivity index (χ4n) is 2.63. The molecule has 1 saturated heterocycles. The zero-order valence-electron chi connectivity index (χ0n) is 8.83. The molecule has 1 saturated carbocycles. The second-order valence-electron chi connectivity index (χ2n) is 4.01. The number of rotatable bonds is 0. The van der Waals surface area contributed by atoms with Crippen LogP contribution in [0.4, 0.5) is 0 Å². The summed E-state index contributed by atoms with van der Waals surface area (Å²) in [5.74, 6) is 2.95. The smallest absolute Gasteiger partial charge is 0.459 e. The summed E-state index contributed by atoms with van der Waals surface area (Å²) in [4.78, 5) is 2.24. The van der Waals surface area contributed by atoms with Crippen LogP contribution in [0.25, 0.3) is 0 Å². The Morgan fingerprint density at radius 3 is 2.31 bits per heavy atom. The molecule has 0 N–H and O–H groups in total. The van der Waals surface area contributed by atoms with Gasteiger partial charge in [0.05, 0.1) is 0 Å². The molecule has 1 heterocycles. The van der Waals surface area contributed by atoms with E-state index in [1.165, 1.54) is 25.9 Å². The molecule has 2 aliphatic rings. The molecule has 0 amide bonds. The van der Waals surface area contributed by atoms with Crippen molar-refractivity contribution in [2.75, 3.05) is 13.1 Å². The van der Waals surface area contributed by atoms with Gasteiger partial charge >= 0.3 is 21.1 Å². The Morgan fingerprint density at radius 1 is 1.15 bits per heavy atom. The SMILES string of the molecule is [CH2-]C.[CH2-]N1C[C@@H]2CCC(C)[C@@H]2C1.[W+2]. The molecule has 1 nitrogen and oxygen atoms in total. The summed E-state index contributed by atoms with van der Waals surface area (Å²) in [6.45, 7) is 9.91. The molecule has 2 heteroatoms. The Balaban J connectivity index is 0.000000451. The summed E-state index contributed by atoms with van der Waals surface area (Å²) in [6.07, 6.45) is 2.92. The van der Waals surface area contributed by atoms with E-state index in [-0.39, 0.29) is 21.1 Å². The van der Waals surface area contributed by atoms with Gasteiger partial charge in [0.25, 0.3) is 0 Å². The largest absolute Gasteiger partial charge is 2.00 e. The minimum absolute atomic E-state index is 0. The molecular weight excluding hydrogens is 330 g/mol. The van der Waals surface area contributed by atoms with Gasteiger partial charge < -0.3 is 11.8 Å². The first-order chi connectivity index (χ1) is 5.77. The Hall–Kier alpha value is 0.648. The Kier molecular flexibility index (Phi) is 6.50. The molecule has 0 aromatic carbocycles. The molecule has 2 rings (SSSR count). The van der Waals surface area contributed by atoms with Crippen LogP contribution in [0.2, 0.25) is 0 Å². The van der Waals surface area contributed by atoms with E-state index in [1.54, 1.807) is 6.92 Å². The van der Waals surface area contributed by atoms with Gasteiger partial charge in [-0.05, 0) is 37.3 Å². The average Bonchev–Trinajstić information content (AvgIpc) is 2.58. The molecule has 76 valence electrons. The normalized spacial score (nSPS) is 37.4. The van der Waals surface area contributed by atoms with E-state index in [0.717, 1.165) is 17.8 Å². The summed E-state index contributed by atoms with van der Waals surface area (Å²) < 4.78 is 0. The molecule has 1 aliphatic heterocycles. The number of hydrogen-bond acceptors (Lipinski definition) is 1. The molecule has 1 aliphatic carbocycles. The molecule has 0 aromatic rings. The first-order valence-corrected chi connectivity index (χ1v) is 5.03. The van der Waals surface area contributed by atoms with E-state index in [2.05, 4.69) is 25.8 Å². The molecule has 2 fully saturated rings. The van der Waals surface area contributed by atoms with Crippen LogP contribution in [0.5, 0.6) is 0 Å². The zero-order valence-corrected chi connectivity index (χ0v) is 11.8. The van der Waals surface area contributed by atoms with Crippen molar-refractivity contribution in [1.29, 1.82) is 0 Å². The van der Waals surface area contributed by atoms with Gasteiger partial charge in [0, 0.05) is 0 Å². The summed E-state index contributed by atoms with van der Waals surface area (Å²) in [5, 5.41) is 0. The predicted molar refractivity (Wildman–Crippen MR) is 53.3 cm³/mol. The van der Waals surface area contributed by atoms with Crippen molar-refractivity contribution in [1.82, 2.24) is 4.90 Å². The van der Waals surface area contributed by atoms with Crippen LogP contribution < -0.4 is 0 Å². The fourth-order valence-corrected chi connectivity index (χ4v) is 2.63. The van der Waals surface area contributed by atoms with Gasteiger partial charge in [-0.25, -0.2) is 0 Å². The number of likely N-dealkylation sites (tertiary alicyclic amines) is 1. The van der Waals surface area contributed by atoms with Gasteiger partial charge in [-0.3, -0.25) is 7.05 Å². The first-order valence-electron chi connectivity index (χ1n) is 5.03. The Bertz CT molecular complexity index is 138. The summed E-state index contributed by atoms with van der Waals surface area (Å²) >= 11 is 0. The number of hydrogen-bond donors (Lipinski definition) is 0. The molecule has 3 atom stereocenters. The minimum atomic E-state index is 0. The maximum absolute atomic E-state index is 3.99. The van der Waals surface area contributed by atoms with Crippen LogP contribution >= 0.6 is 0 Å². The third-order valence-electron chi connectivity index (χ3n) is 3.29. The van der Waals surface area contributed by atoms with Crippen molar-refractivity contribution in [2.45, 2.75) is 26.7 Å². The Labute approximate surface area is 97.5 Å². The second kappa shape index (κ2) is 6.19. The van der Waals surface area contributed by atoms with Gasteiger partial charge in [0.2, 0.25) is 0 Å². The quantitative estimate of drug-likeness (QED) is 0.607. The van der Waals surface area contributed by atoms with Crippen LogP contribution in [-0.2, 0) is 21.1 Å². The monoisotopic (exact) mass is 351 g/mol. The van der Waals surface area contributed by atoms with Gasteiger partial charge in [-0.15, -0.1) is 0 Å². The van der Waals surface area contributed by atoms with Crippen molar-refractivity contribution in [2.24, 2.45) is 17.8 Å². The molecule has 13 heavy (non-hydrogen) atoms. The molecule has 0 radical (unpaired) electrons. The molecule has 0 bridgehead atoms. The second-order valence-corrected chi connectivity index (χ2v) is 4.01.